The number of carbonyl (C=O) groups is 1. The van der Waals surface area contributed by atoms with Crippen molar-refractivity contribution in [2.24, 2.45) is 11.8 Å². The summed E-state index contributed by atoms with van der Waals surface area (Å²) in [5, 5.41) is 26.0. The van der Waals surface area contributed by atoms with Crippen LogP contribution in [0.3, 0.4) is 0 Å². The molecule has 0 aromatic heterocycles. The number of aliphatic hydroxyl groups excluding tert-OH is 1. The second-order valence-corrected chi connectivity index (χ2v) is 2.61. The Morgan fingerprint density at radius 2 is 1.91 bits per heavy atom. The molecule has 0 aliphatic carbocycles. The van der Waals surface area contributed by atoms with Gasteiger partial charge in [0.1, 0.15) is 0 Å². The van der Waals surface area contributed by atoms with Crippen molar-refractivity contribution in [2.75, 3.05) is 0 Å². The van der Waals surface area contributed by atoms with Crippen molar-refractivity contribution in [3.63, 3.8) is 0 Å². The maximum Gasteiger partial charge on any atom is 0.306 e. The number of hydrogen-bond acceptors (Lipinski definition) is 3. The van der Waals surface area contributed by atoms with Crippen LogP contribution in [0.15, 0.2) is 0 Å². The van der Waals surface area contributed by atoms with E-state index in [2.05, 4.69) is 0 Å². The van der Waals surface area contributed by atoms with Crippen molar-refractivity contribution in [1.29, 1.82) is 0 Å². The van der Waals surface area contributed by atoms with Gasteiger partial charge in [0.2, 0.25) is 0 Å². The lowest BCUT2D eigenvalue weighted by Crippen LogP contribution is -2.30. The van der Waals surface area contributed by atoms with Crippen LogP contribution in [0.1, 0.15) is 20.3 Å². The van der Waals surface area contributed by atoms with Crippen molar-refractivity contribution in [3.05, 3.63) is 0 Å². The van der Waals surface area contributed by atoms with Gasteiger partial charge in [0.15, 0.2) is 6.29 Å². The maximum absolute atomic E-state index is 10.4. The first-order valence-corrected chi connectivity index (χ1v) is 3.59. The van der Waals surface area contributed by atoms with Gasteiger partial charge in [0.05, 0.1) is 5.92 Å². The monoisotopic (exact) mass is 162 g/mol. The van der Waals surface area contributed by atoms with Crippen LogP contribution < -0.4 is 0 Å². The van der Waals surface area contributed by atoms with Crippen LogP contribution in [0.5, 0.6) is 0 Å². The van der Waals surface area contributed by atoms with Gasteiger partial charge in [0.25, 0.3) is 0 Å². The van der Waals surface area contributed by atoms with Crippen molar-refractivity contribution in [2.45, 2.75) is 26.6 Å². The molecule has 0 aliphatic heterocycles. The highest BCUT2D eigenvalue weighted by Gasteiger charge is 2.26. The lowest BCUT2D eigenvalue weighted by Gasteiger charge is -2.20. The van der Waals surface area contributed by atoms with E-state index in [1.807, 2.05) is 0 Å². The molecule has 11 heavy (non-hydrogen) atoms. The summed E-state index contributed by atoms with van der Waals surface area (Å²) >= 11 is 0. The fraction of sp³-hybridized carbons (Fsp3) is 0.857. The highest BCUT2D eigenvalue weighted by molar-refractivity contribution is 5.69. The molecule has 0 aromatic carbocycles. The molecule has 66 valence electrons. The van der Waals surface area contributed by atoms with Gasteiger partial charge in [-0.25, -0.2) is 0 Å². The Balaban J connectivity index is 4.13. The molecule has 0 heterocycles. The van der Waals surface area contributed by atoms with Gasteiger partial charge < -0.3 is 15.3 Å². The average molecular weight is 162 g/mol. The molecule has 0 saturated carbocycles. The molecule has 0 spiro atoms. The minimum atomic E-state index is -1.54. The van der Waals surface area contributed by atoms with Gasteiger partial charge in [-0.15, -0.1) is 0 Å². The lowest BCUT2D eigenvalue weighted by atomic mass is 9.91. The van der Waals surface area contributed by atoms with Gasteiger partial charge in [0, 0.05) is 5.92 Å². The Kier molecular flexibility index (Phi) is 4.07. The second-order valence-electron chi connectivity index (χ2n) is 2.61. The van der Waals surface area contributed by atoms with Crippen LogP contribution in [-0.2, 0) is 4.79 Å². The normalized spacial score (nSPS) is 16.5. The summed E-state index contributed by atoms with van der Waals surface area (Å²) in [4.78, 5) is 10.4. The third kappa shape index (κ3) is 2.86. The number of aliphatic hydroxyl groups is 2. The van der Waals surface area contributed by atoms with Crippen molar-refractivity contribution in [1.82, 2.24) is 0 Å². The maximum atomic E-state index is 10.4. The average Bonchev–Trinajstić information content (AvgIpc) is 1.88. The molecule has 2 atom stereocenters. The van der Waals surface area contributed by atoms with Gasteiger partial charge in [-0.1, -0.05) is 13.8 Å². The molecule has 0 aromatic rings. The molecule has 0 amide bonds. The smallest absolute Gasteiger partial charge is 0.306 e. The van der Waals surface area contributed by atoms with E-state index >= 15 is 0 Å². The van der Waals surface area contributed by atoms with Gasteiger partial charge in [-0.3, -0.25) is 4.79 Å². The molecular formula is C7H14O4. The van der Waals surface area contributed by atoms with Crippen molar-refractivity contribution >= 4 is 5.97 Å². The molecular weight excluding hydrogens is 148 g/mol. The first kappa shape index (κ1) is 10.4. The standard InChI is InChI=1S/C7H14O4/c1-3-5(7(10)11)4(2)6(8)9/h4-5,7,10-11H,3H2,1-2H3,(H,8,9). The highest BCUT2D eigenvalue weighted by atomic mass is 16.5. The fourth-order valence-electron chi connectivity index (χ4n) is 1.01. The second kappa shape index (κ2) is 4.31. The Hall–Kier alpha value is -0.610. The molecule has 0 aliphatic rings. The van der Waals surface area contributed by atoms with Crippen molar-refractivity contribution < 1.29 is 20.1 Å². The predicted molar refractivity (Wildman–Crippen MR) is 38.8 cm³/mol. The number of aliphatic carboxylic acids is 1. The Labute approximate surface area is 65.5 Å². The number of rotatable bonds is 4. The van der Waals surface area contributed by atoms with E-state index in [1.54, 1.807) is 6.92 Å². The summed E-state index contributed by atoms with van der Waals surface area (Å²) in [5.41, 5.74) is 0. The molecule has 2 unspecified atom stereocenters. The van der Waals surface area contributed by atoms with Crippen LogP contribution in [0.4, 0.5) is 0 Å². The molecule has 4 heteroatoms. The van der Waals surface area contributed by atoms with E-state index in [1.165, 1.54) is 6.92 Å². The largest absolute Gasteiger partial charge is 0.481 e. The lowest BCUT2D eigenvalue weighted by molar-refractivity contribution is -0.153. The van der Waals surface area contributed by atoms with Crippen molar-refractivity contribution in [3.8, 4) is 0 Å². The summed E-state index contributed by atoms with van der Waals surface area (Å²) in [6.07, 6.45) is -1.09. The zero-order valence-electron chi connectivity index (χ0n) is 6.69. The zero-order chi connectivity index (χ0) is 9.02. The SMILES string of the molecule is CCC(C(O)O)C(C)C(=O)O. The van der Waals surface area contributed by atoms with E-state index in [4.69, 9.17) is 15.3 Å². The van der Waals surface area contributed by atoms with Crippen LogP contribution in [0.2, 0.25) is 0 Å². The summed E-state index contributed by atoms with van der Waals surface area (Å²) in [6, 6.07) is 0. The predicted octanol–water partition coefficient (Wildman–Crippen LogP) is 0.0440. The van der Waals surface area contributed by atoms with Crippen LogP contribution in [0, 0.1) is 11.8 Å². The zero-order valence-corrected chi connectivity index (χ0v) is 6.69. The van der Waals surface area contributed by atoms with Gasteiger partial charge >= 0.3 is 5.97 Å². The molecule has 4 nitrogen and oxygen atoms in total. The topological polar surface area (TPSA) is 77.8 Å². The third-order valence-electron chi connectivity index (χ3n) is 1.89. The summed E-state index contributed by atoms with van der Waals surface area (Å²) in [5.74, 6) is -2.28. The van der Waals surface area contributed by atoms with E-state index in [9.17, 15) is 4.79 Å². The number of carboxylic acid groups (broad SMARTS) is 1. The van der Waals surface area contributed by atoms with E-state index in [0.717, 1.165) is 0 Å². The van der Waals surface area contributed by atoms with Crippen LogP contribution in [-0.4, -0.2) is 27.6 Å². The summed E-state index contributed by atoms with van der Waals surface area (Å²) in [6.45, 7) is 3.19. The molecule has 0 fully saturated rings. The Bertz CT molecular complexity index is 132. The van der Waals surface area contributed by atoms with Gasteiger partial charge in [-0.2, -0.15) is 0 Å². The quantitative estimate of drug-likeness (QED) is 0.510. The van der Waals surface area contributed by atoms with Crippen LogP contribution >= 0.6 is 0 Å². The first-order chi connectivity index (χ1) is 5.00. The minimum absolute atomic E-state index is 0.450. The molecule has 3 N–H and O–H groups in total. The molecule has 0 bridgehead atoms. The van der Waals surface area contributed by atoms with E-state index in [0.29, 0.717) is 6.42 Å². The third-order valence-corrected chi connectivity index (χ3v) is 1.89. The molecule has 0 rings (SSSR count). The molecule has 0 radical (unpaired) electrons. The summed E-state index contributed by atoms with van der Waals surface area (Å²) in [7, 11) is 0. The van der Waals surface area contributed by atoms with E-state index < -0.39 is 24.1 Å². The van der Waals surface area contributed by atoms with E-state index in [-0.39, 0.29) is 0 Å². The summed E-state index contributed by atoms with van der Waals surface area (Å²) < 4.78 is 0. The minimum Gasteiger partial charge on any atom is -0.481 e. The highest BCUT2D eigenvalue weighted by Crippen LogP contribution is 2.18. The number of carboxylic acids is 1. The van der Waals surface area contributed by atoms with Gasteiger partial charge in [-0.05, 0) is 6.42 Å². The number of hydrogen-bond donors (Lipinski definition) is 3. The molecule has 0 saturated heterocycles. The fourth-order valence-corrected chi connectivity index (χ4v) is 1.01. The first-order valence-electron chi connectivity index (χ1n) is 3.59. The Morgan fingerprint density at radius 1 is 1.45 bits per heavy atom. The van der Waals surface area contributed by atoms with Crippen LogP contribution in [0.25, 0.3) is 0 Å². The Morgan fingerprint density at radius 3 is 2.00 bits per heavy atom.